The zero-order valence-corrected chi connectivity index (χ0v) is 12.6. The Balaban J connectivity index is 1.73. The lowest BCUT2D eigenvalue weighted by Crippen LogP contribution is -2.36. The van der Waals surface area contributed by atoms with Gasteiger partial charge in [-0.05, 0) is 37.9 Å². The smallest absolute Gasteiger partial charge is 0.134 e. The van der Waals surface area contributed by atoms with E-state index in [1.807, 2.05) is 18.2 Å². The maximum atomic E-state index is 6.00. The summed E-state index contributed by atoms with van der Waals surface area (Å²) in [4.78, 5) is 2.30. The van der Waals surface area contributed by atoms with Crippen LogP contribution in [0.1, 0.15) is 24.6 Å². The van der Waals surface area contributed by atoms with Gasteiger partial charge in [0.25, 0.3) is 0 Å². The number of nitrogens with two attached hydrogens (primary N) is 1. The predicted molar refractivity (Wildman–Crippen MR) is 84.2 cm³/mol. The summed E-state index contributed by atoms with van der Waals surface area (Å²) in [5.41, 5.74) is 6.93. The van der Waals surface area contributed by atoms with Gasteiger partial charge in [-0.2, -0.15) is 0 Å². The van der Waals surface area contributed by atoms with Crippen molar-refractivity contribution < 1.29 is 9.15 Å². The van der Waals surface area contributed by atoms with Crippen LogP contribution in [0.5, 0.6) is 0 Å². The molecule has 2 N–H and O–H groups in total. The molecular formula is C17H24N2O2. The molecule has 1 aromatic heterocycles. The van der Waals surface area contributed by atoms with Crippen LogP contribution < -0.4 is 5.73 Å². The lowest BCUT2D eigenvalue weighted by Gasteiger charge is -2.31. The summed E-state index contributed by atoms with van der Waals surface area (Å²) in [6.07, 6.45) is 2.40. The van der Waals surface area contributed by atoms with Gasteiger partial charge in [0.1, 0.15) is 11.3 Å². The molecule has 0 aliphatic carbocycles. The second-order valence-corrected chi connectivity index (χ2v) is 5.96. The van der Waals surface area contributed by atoms with Crippen molar-refractivity contribution in [2.45, 2.75) is 18.9 Å². The van der Waals surface area contributed by atoms with E-state index in [0.29, 0.717) is 12.5 Å². The molecule has 1 aliphatic rings. The average Bonchev–Trinajstić information content (AvgIpc) is 2.92. The zero-order valence-electron chi connectivity index (χ0n) is 12.6. The predicted octanol–water partition coefficient (Wildman–Crippen LogP) is 2.79. The van der Waals surface area contributed by atoms with Crippen LogP contribution in [0.2, 0.25) is 0 Å². The highest BCUT2D eigenvalue weighted by molar-refractivity contribution is 5.77. The first-order valence-corrected chi connectivity index (χ1v) is 7.74. The topological polar surface area (TPSA) is 51.6 Å². The Morgan fingerprint density at radius 1 is 1.38 bits per heavy atom. The van der Waals surface area contributed by atoms with E-state index in [4.69, 9.17) is 14.9 Å². The van der Waals surface area contributed by atoms with Crippen molar-refractivity contribution in [2.75, 3.05) is 33.4 Å². The van der Waals surface area contributed by atoms with Crippen molar-refractivity contribution in [3.63, 3.8) is 0 Å². The molecule has 0 saturated carbocycles. The minimum atomic E-state index is 0.124. The van der Waals surface area contributed by atoms with Crippen molar-refractivity contribution in [2.24, 2.45) is 11.7 Å². The number of nitrogens with zero attached hydrogens (tertiary/aromatic N) is 1. The third-order valence-corrected chi connectivity index (χ3v) is 4.33. The van der Waals surface area contributed by atoms with E-state index in [-0.39, 0.29) is 6.04 Å². The summed E-state index contributed by atoms with van der Waals surface area (Å²) in [5, 5.41) is 1.14. The fourth-order valence-corrected chi connectivity index (χ4v) is 3.17. The zero-order chi connectivity index (χ0) is 14.7. The number of hydrogen-bond acceptors (Lipinski definition) is 4. The maximum Gasteiger partial charge on any atom is 0.134 e. The van der Waals surface area contributed by atoms with E-state index in [0.717, 1.165) is 42.9 Å². The molecule has 0 radical (unpaired) electrons. The molecule has 2 aromatic rings. The molecule has 1 aromatic carbocycles. The van der Waals surface area contributed by atoms with Gasteiger partial charge in [-0.25, -0.2) is 0 Å². The molecule has 0 amide bonds. The van der Waals surface area contributed by atoms with Gasteiger partial charge in [0.15, 0.2) is 0 Å². The summed E-state index contributed by atoms with van der Waals surface area (Å²) in [7, 11) is 2.12. The molecule has 4 nitrogen and oxygen atoms in total. The first-order chi connectivity index (χ1) is 10.3. The van der Waals surface area contributed by atoms with Crippen LogP contribution in [0.3, 0.4) is 0 Å². The fraction of sp³-hybridized carbons (Fsp3) is 0.529. The van der Waals surface area contributed by atoms with E-state index in [2.05, 4.69) is 24.1 Å². The summed E-state index contributed by atoms with van der Waals surface area (Å²) in [6.45, 7) is 3.33. The monoisotopic (exact) mass is 288 g/mol. The van der Waals surface area contributed by atoms with Crippen LogP contribution in [-0.4, -0.2) is 38.3 Å². The molecule has 4 heteroatoms. The highest BCUT2D eigenvalue weighted by atomic mass is 16.5. The van der Waals surface area contributed by atoms with E-state index >= 15 is 0 Å². The number of ether oxygens (including phenoxy) is 1. The van der Waals surface area contributed by atoms with Crippen molar-refractivity contribution in [1.29, 1.82) is 0 Å². The third kappa shape index (κ3) is 3.28. The fourth-order valence-electron chi connectivity index (χ4n) is 3.17. The first-order valence-electron chi connectivity index (χ1n) is 7.74. The Morgan fingerprint density at radius 2 is 2.24 bits per heavy atom. The number of likely N-dealkylation sites (N-methyl/N-ethyl adjacent to an activating group) is 1. The van der Waals surface area contributed by atoms with Crippen molar-refractivity contribution in [3.05, 3.63) is 36.1 Å². The van der Waals surface area contributed by atoms with Crippen LogP contribution in [0.4, 0.5) is 0 Å². The van der Waals surface area contributed by atoms with Crippen molar-refractivity contribution >= 4 is 11.0 Å². The van der Waals surface area contributed by atoms with Crippen LogP contribution in [0.25, 0.3) is 11.0 Å². The molecule has 3 rings (SSSR count). The van der Waals surface area contributed by atoms with Crippen LogP contribution in [0, 0.1) is 5.92 Å². The third-order valence-electron chi connectivity index (χ3n) is 4.33. The SMILES string of the molecule is CN(CC1CCCOC1)C(CN)c1cc2ccccc2o1. The molecule has 1 aliphatic heterocycles. The van der Waals surface area contributed by atoms with Gasteiger partial charge in [-0.15, -0.1) is 0 Å². The lowest BCUT2D eigenvalue weighted by atomic mass is 10.0. The highest BCUT2D eigenvalue weighted by Gasteiger charge is 2.23. The van der Waals surface area contributed by atoms with Crippen LogP contribution >= 0.6 is 0 Å². The van der Waals surface area contributed by atoms with Gasteiger partial charge in [-0.3, -0.25) is 4.90 Å². The molecule has 21 heavy (non-hydrogen) atoms. The number of fused-ring (bicyclic) bond motifs is 1. The Morgan fingerprint density at radius 3 is 2.95 bits per heavy atom. The molecule has 2 atom stereocenters. The van der Waals surface area contributed by atoms with Gasteiger partial charge < -0.3 is 14.9 Å². The van der Waals surface area contributed by atoms with E-state index in [1.165, 1.54) is 6.42 Å². The highest BCUT2D eigenvalue weighted by Crippen LogP contribution is 2.27. The largest absolute Gasteiger partial charge is 0.459 e. The van der Waals surface area contributed by atoms with Gasteiger partial charge in [0.05, 0.1) is 12.6 Å². The summed E-state index contributed by atoms with van der Waals surface area (Å²) < 4.78 is 11.5. The van der Waals surface area contributed by atoms with Gasteiger partial charge in [0.2, 0.25) is 0 Å². The van der Waals surface area contributed by atoms with E-state index < -0.39 is 0 Å². The summed E-state index contributed by atoms with van der Waals surface area (Å²) in [5.74, 6) is 1.56. The van der Waals surface area contributed by atoms with Gasteiger partial charge in [-0.1, -0.05) is 18.2 Å². The molecule has 1 fully saturated rings. The minimum absolute atomic E-state index is 0.124. The Bertz CT molecular complexity index is 542. The normalized spacial score (nSPS) is 21.0. The minimum Gasteiger partial charge on any atom is -0.459 e. The Hall–Kier alpha value is -1.36. The standard InChI is InChI=1S/C17H24N2O2/c1-19(11-13-5-4-8-20-12-13)15(10-18)17-9-14-6-2-3-7-16(14)21-17/h2-3,6-7,9,13,15H,4-5,8,10-12,18H2,1H3. The van der Waals surface area contributed by atoms with E-state index in [9.17, 15) is 0 Å². The molecular weight excluding hydrogens is 264 g/mol. The number of benzene rings is 1. The molecule has 1 saturated heterocycles. The quantitative estimate of drug-likeness (QED) is 0.919. The maximum absolute atomic E-state index is 6.00. The average molecular weight is 288 g/mol. The Kier molecular flexibility index (Phi) is 4.58. The first kappa shape index (κ1) is 14.6. The number of hydrogen-bond donors (Lipinski definition) is 1. The van der Waals surface area contributed by atoms with Crippen molar-refractivity contribution in [3.8, 4) is 0 Å². The second kappa shape index (κ2) is 6.60. The Labute approximate surface area is 125 Å². The number of rotatable bonds is 5. The second-order valence-electron chi connectivity index (χ2n) is 5.96. The molecule has 0 bridgehead atoms. The number of furan rings is 1. The molecule has 2 heterocycles. The van der Waals surface area contributed by atoms with Crippen LogP contribution in [0.15, 0.2) is 34.7 Å². The molecule has 2 unspecified atom stereocenters. The number of para-hydroxylation sites is 1. The molecule has 0 spiro atoms. The summed E-state index contributed by atoms with van der Waals surface area (Å²) in [6, 6.07) is 10.3. The van der Waals surface area contributed by atoms with Gasteiger partial charge >= 0.3 is 0 Å². The van der Waals surface area contributed by atoms with Crippen molar-refractivity contribution in [1.82, 2.24) is 4.90 Å². The van der Waals surface area contributed by atoms with Crippen LogP contribution in [-0.2, 0) is 4.74 Å². The van der Waals surface area contributed by atoms with Gasteiger partial charge in [0, 0.05) is 25.1 Å². The lowest BCUT2D eigenvalue weighted by molar-refractivity contribution is 0.0351. The van der Waals surface area contributed by atoms with E-state index in [1.54, 1.807) is 0 Å². The molecule has 114 valence electrons. The summed E-state index contributed by atoms with van der Waals surface area (Å²) >= 11 is 0.